The van der Waals surface area contributed by atoms with E-state index >= 15 is 0 Å². The number of piperidine rings is 1. The predicted octanol–water partition coefficient (Wildman–Crippen LogP) is 4.07. The summed E-state index contributed by atoms with van der Waals surface area (Å²) in [7, 11) is -0.455. The largest absolute Gasteiger partial charge is 0.468 e. The lowest BCUT2D eigenvalue weighted by Gasteiger charge is -2.47. The molecule has 1 aromatic carbocycles. The molecule has 3 rings (SSSR count). The summed E-state index contributed by atoms with van der Waals surface area (Å²) in [6.45, 7) is 12.5. The van der Waals surface area contributed by atoms with Gasteiger partial charge in [0.25, 0.3) is 0 Å². The number of carbonyl (C=O) groups is 1. The van der Waals surface area contributed by atoms with E-state index in [-0.39, 0.29) is 17.0 Å². The number of anilines is 1. The first-order valence-corrected chi connectivity index (χ1v) is 13.2. The van der Waals surface area contributed by atoms with Crippen LogP contribution < -0.4 is 4.90 Å². The van der Waals surface area contributed by atoms with E-state index in [4.69, 9.17) is 9.16 Å². The Morgan fingerprint density at radius 1 is 1.32 bits per heavy atom. The van der Waals surface area contributed by atoms with Crippen molar-refractivity contribution in [1.29, 1.82) is 0 Å². The highest BCUT2D eigenvalue weighted by atomic mass is 28.4. The minimum Gasteiger partial charge on any atom is -0.468 e. The average Bonchev–Trinajstić information content (AvgIpc) is 2.96. The molecule has 0 aliphatic carbocycles. The second kappa shape index (κ2) is 7.47. The van der Waals surface area contributed by atoms with Crippen LogP contribution in [0.4, 0.5) is 5.69 Å². The van der Waals surface area contributed by atoms with Crippen LogP contribution in [0.3, 0.4) is 0 Å². The topological polar surface area (TPSA) is 59.0 Å². The van der Waals surface area contributed by atoms with Crippen LogP contribution in [0.25, 0.3) is 0 Å². The zero-order valence-electron chi connectivity index (χ0n) is 18.1. The van der Waals surface area contributed by atoms with Gasteiger partial charge in [0.15, 0.2) is 8.32 Å². The highest BCUT2D eigenvalue weighted by molar-refractivity contribution is 6.74. The minimum absolute atomic E-state index is 0.131. The lowest BCUT2D eigenvalue weighted by atomic mass is 9.76. The summed E-state index contributed by atoms with van der Waals surface area (Å²) >= 11 is 0. The van der Waals surface area contributed by atoms with Gasteiger partial charge in [-0.1, -0.05) is 39.0 Å². The van der Waals surface area contributed by atoms with Crippen LogP contribution in [0.15, 0.2) is 24.3 Å². The molecule has 2 aliphatic heterocycles. The molecule has 1 aromatic rings. The van der Waals surface area contributed by atoms with Gasteiger partial charge < -0.3 is 19.2 Å². The van der Waals surface area contributed by atoms with Gasteiger partial charge in [0.05, 0.1) is 18.8 Å². The maximum atomic E-state index is 12.7. The average molecular weight is 406 g/mol. The summed E-state index contributed by atoms with van der Waals surface area (Å²) in [6.07, 6.45) is 2.11. The van der Waals surface area contributed by atoms with Crippen LogP contribution in [0.5, 0.6) is 0 Å². The second-order valence-electron chi connectivity index (χ2n) is 9.76. The van der Waals surface area contributed by atoms with E-state index in [9.17, 15) is 9.90 Å². The first-order valence-electron chi connectivity index (χ1n) is 10.3. The van der Waals surface area contributed by atoms with Crippen molar-refractivity contribution >= 4 is 20.0 Å². The van der Waals surface area contributed by atoms with Gasteiger partial charge in [-0.15, -0.1) is 0 Å². The molecule has 6 heteroatoms. The first-order chi connectivity index (χ1) is 13.0. The van der Waals surface area contributed by atoms with E-state index in [0.29, 0.717) is 19.4 Å². The van der Waals surface area contributed by atoms with Gasteiger partial charge in [0, 0.05) is 25.3 Å². The number of benzene rings is 1. The first kappa shape index (κ1) is 21.3. The van der Waals surface area contributed by atoms with Gasteiger partial charge in [0.2, 0.25) is 0 Å². The van der Waals surface area contributed by atoms with Gasteiger partial charge in [-0.3, -0.25) is 4.79 Å². The van der Waals surface area contributed by atoms with Crippen LogP contribution in [0.1, 0.15) is 51.5 Å². The molecule has 0 aromatic heterocycles. The van der Waals surface area contributed by atoms with Gasteiger partial charge in [-0.05, 0) is 42.6 Å². The van der Waals surface area contributed by atoms with E-state index in [2.05, 4.69) is 38.8 Å². The molecule has 0 saturated carbocycles. The Morgan fingerprint density at radius 2 is 2.00 bits per heavy atom. The normalized spacial score (nSPS) is 27.3. The maximum Gasteiger partial charge on any atom is 0.315 e. The van der Waals surface area contributed by atoms with Crippen molar-refractivity contribution < 1.29 is 19.1 Å². The zero-order valence-corrected chi connectivity index (χ0v) is 19.1. The van der Waals surface area contributed by atoms with Crippen molar-refractivity contribution in [2.24, 2.45) is 0 Å². The third-order valence-electron chi connectivity index (χ3n) is 7.05. The molecular weight excluding hydrogens is 370 g/mol. The Labute approximate surface area is 170 Å². The standard InChI is InChI=1S/C22H35NO4Si/c1-21(2,3)28(5,6)27-15-13-22(25)12-9-14-23-17-11-8-7-10-16(17)18(19(22)23)20(24)26-4/h7-8,10-11,18-19,25H,9,12-15H2,1-6H3/t18-,19-,22-/m1/s1. The fourth-order valence-corrected chi connectivity index (χ4v) is 5.48. The number of ether oxygens (including phenoxy) is 1. The smallest absolute Gasteiger partial charge is 0.315 e. The third kappa shape index (κ3) is 3.62. The molecule has 156 valence electrons. The quantitative estimate of drug-likeness (QED) is 0.591. The molecule has 3 atom stereocenters. The van der Waals surface area contributed by atoms with E-state index in [0.717, 1.165) is 24.2 Å². The van der Waals surface area contributed by atoms with Crippen molar-refractivity contribution in [3.63, 3.8) is 0 Å². The molecule has 28 heavy (non-hydrogen) atoms. The fourth-order valence-electron chi connectivity index (χ4n) is 4.43. The molecule has 0 unspecified atom stereocenters. The molecule has 0 spiro atoms. The molecule has 1 saturated heterocycles. The Hall–Kier alpha value is -1.37. The number of nitrogens with zero attached hydrogens (tertiary/aromatic N) is 1. The van der Waals surface area contributed by atoms with Gasteiger partial charge in [-0.25, -0.2) is 0 Å². The van der Waals surface area contributed by atoms with Gasteiger partial charge >= 0.3 is 5.97 Å². The summed E-state index contributed by atoms with van der Waals surface area (Å²) in [5.41, 5.74) is 1.04. The summed E-state index contributed by atoms with van der Waals surface area (Å²) in [5.74, 6) is -0.732. The van der Waals surface area contributed by atoms with Crippen molar-refractivity contribution in [2.45, 2.75) is 75.7 Å². The van der Waals surface area contributed by atoms with Crippen LogP contribution in [-0.4, -0.2) is 51.3 Å². The fraction of sp³-hybridized carbons (Fsp3) is 0.682. The van der Waals surface area contributed by atoms with Gasteiger partial charge in [-0.2, -0.15) is 0 Å². The lowest BCUT2D eigenvalue weighted by molar-refractivity contribution is -0.145. The Bertz CT molecular complexity index is 729. The molecule has 2 heterocycles. The van der Waals surface area contributed by atoms with E-state index in [1.807, 2.05) is 24.3 Å². The summed E-state index contributed by atoms with van der Waals surface area (Å²) in [4.78, 5) is 14.9. The summed E-state index contributed by atoms with van der Waals surface area (Å²) in [5, 5.41) is 11.8. The molecule has 1 N–H and O–H groups in total. The number of esters is 1. The van der Waals surface area contributed by atoms with Crippen molar-refractivity contribution in [1.82, 2.24) is 0 Å². The van der Waals surface area contributed by atoms with E-state index in [1.54, 1.807) is 0 Å². The number of para-hydroxylation sites is 1. The predicted molar refractivity (Wildman–Crippen MR) is 114 cm³/mol. The zero-order chi connectivity index (χ0) is 20.7. The monoisotopic (exact) mass is 405 g/mol. The Balaban J connectivity index is 1.85. The van der Waals surface area contributed by atoms with Gasteiger partial charge in [0.1, 0.15) is 5.92 Å². The number of fused-ring (bicyclic) bond motifs is 3. The molecular formula is C22H35NO4Si. The number of aliphatic hydroxyl groups is 1. The molecule has 5 nitrogen and oxygen atoms in total. The van der Waals surface area contributed by atoms with Crippen LogP contribution >= 0.6 is 0 Å². The molecule has 0 bridgehead atoms. The van der Waals surface area contributed by atoms with E-state index < -0.39 is 19.8 Å². The SMILES string of the molecule is COC(=O)[C@@H]1c2ccccc2N2CCC[C@@](O)(CCO[Si](C)(C)C(C)(C)C)[C@@H]12. The maximum absolute atomic E-state index is 12.7. The molecule has 0 radical (unpaired) electrons. The molecule has 0 amide bonds. The van der Waals surface area contributed by atoms with Crippen LogP contribution in [0.2, 0.25) is 18.1 Å². The van der Waals surface area contributed by atoms with Crippen molar-refractivity contribution in [2.75, 3.05) is 25.2 Å². The second-order valence-corrected chi connectivity index (χ2v) is 14.6. The van der Waals surface area contributed by atoms with Crippen LogP contribution in [-0.2, 0) is 14.0 Å². The highest BCUT2D eigenvalue weighted by Gasteiger charge is 2.55. The number of rotatable bonds is 5. The van der Waals surface area contributed by atoms with Crippen molar-refractivity contribution in [3.8, 4) is 0 Å². The summed E-state index contributed by atoms with van der Waals surface area (Å²) < 4.78 is 11.5. The van der Waals surface area contributed by atoms with Crippen molar-refractivity contribution in [3.05, 3.63) is 29.8 Å². The Kier molecular flexibility index (Phi) is 5.69. The number of methoxy groups -OCH3 is 1. The Morgan fingerprint density at radius 3 is 2.64 bits per heavy atom. The number of carbonyl (C=O) groups excluding carboxylic acids is 1. The van der Waals surface area contributed by atoms with Crippen LogP contribution in [0, 0.1) is 0 Å². The minimum atomic E-state index is -1.88. The highest BCUT2D eigenvalue weighted by Crippen LogP contribution is 2.50. The summed E-state index contributed by atoms with van der Waals surface area (Å²) in [6, 6.07) is 7.68. The van der Waals surface area contributed by atoms with E-state index in [1.165, 1.54) is 7.11 Å². The third-order valence-corrected chi connectivity index (χ3v) is 11.6. The lowest BCUT2D eigenvalue weighted by Crippen LogP contribution is -2.59. The number of hydrogen-bond acceptors (Lipinski definition) is 5. The number of hydrogen-bond donors (Lipinski definition) is 1. The molecule has 1 fully saturated rings. The molecule has 2 aliphatic rings.